The summed E-state index contributed by atoms with van der Waals surface area (Å²) < 4.78 is 13.1. The topological polar surface area (TPSA) is 65.0 Å². The third-order valence-corrected chi connectivity index (χ3v) is 12.9. The lowest BCUT2D eigenvalue weighted by Gasteiger charge is -2.12. The van der Waals surface area contributed by atoms with Crippen LogP contribution in [0.5, 0.6) is 0 Å². The zero-order chi connectivity index (χ0) is 45.0. The van der Waals surface area contributed by atoms with E-state index in [1.165, 1.54) is 11.1 Å². The number of rotatable bonds is 8. The molecule has 0 aliphatic rings. The Morgan fingerprint density at radius 3 is 1.41 bits per heavy atom. The van der Waals surface area contributed by atoms with Crippen LogP contribution in [0.3, 0.4) is 0 Å². The standard InChI is InChI=1S/C63H39N3O2/c1-4-15-40(16-5-1)45-21-12-22-46(35-45)62-64-61(44-31-29-43(30-32-44)52-25-13-26-54-53-23-10-11-27-56(53)68-60(52)54)65-63(66-62)47-33-34-55-58(39-47)67-57-28-14-24-51(59(55)57)50-37-48(41-17-6-2-7-18-41)36-49(38-50)42-19-8-3-9-20-42/h1-39H. The quantitative estimate of drug-likeness (QED) is 0.152. The fourth-order valence-corrected chi connectivity index (χ4v) is 9.59. The van der Waals surface area contributed by atoms with Crippen molar-refractivity contribution in [1.82, 2.24) is 15.0 Å². The number of nitrogens with zero attached hydrogens (tertiary/aromatic N) is 3. The van der Waals surface area contributed by atoms with E-state index in [4.69, 9.17) is 23.8 Å². The average Bonchev–Trinajstić information content (AvgIpc) is 4.00. The van der Waals surface area contributed by atoms with Crippen molar-refractivity contribution < 1.29 is 8.83 Å². The molecule has 13 aromatic rings. The summed E-state index contributed by atoms with van der Waals surface area (Å²) in [6, 6.07) is 82.3. The maximum atomic E-state index is 6.73. The Morgan fingerprint density at radius 1 is 0.235 bits per heavy atom. The van der Waals surface area contributed by atoms with Gasteiger partial charge in [0.1, 0.15) is 22.3 Å². The molecule has 13 rings (SSSR count). The first-order valence-corrected chi connectivity index (χ1v) is 22.8. The van der Waals surface area contributed by atoms with Crippen molar-refractivity contribution in [2.75, 3.05) is 0 Å². The zero-order valence-corrected chi connectivity index (χ0v) is 36.7. The van der Waals surface area contributed by atoms with Gasteiger partial charge in [0.25, 0.3) is 0 Å². The first-order chi connectivity index (χ1) is 33.7. The van der Waals surface area contributed by atoms with Crippen LogP contribution in [0.4, 0.5) is 0 Å². The van der Waals surface area contributed by atoms with Crippen LogP contribution < -0.4 is 0 Å². The highest BCUT2D eigenvalue weighted by Gasteiger charge is 2.19. The van der Waals surface area contributed by atoms with Gasteiger partial charge in [-0.25, -0.2) is 15.0 Å². The number of para-hydroxylation sites is 2. The molecule has 0 aliphatic carbocycles. The molecule has 0 N–H and O–H groups in total. The van der Waals surface area contributed by atoms with Crippen molar-refractivity contribution in [3.8, 4) is 89.8 Å². The van der Waals surface area contributed by atoms with Crippen LogP contribution in [0.2, 0.25) is 0 Å². The van der Waals surface area contributed by atoms with Gasteiger partial charge in [-0.2, -0.15) is 0 Å². The highest BCUT2D eigenvalue weighted by Crippen LogP contribution is 2.42. The summed E-state index contributed by atoms with van der Waals surface area (Å²) in [5, 5.41) is 4.28. The van der Waals surface area contributed by atoms with Gasteiger partial charge >= 0.3 is 0 Å². The van der Waals surface area contributed by atoms with Crippen LogP contribution in [0.15, 0.2) is 245 Å². The molecule has 0 amide bonds. The average molecular weight is 870 g/mol. The Balaban J connectivity index is 0.933. The molecule has 68 heavy (non-hydrogen) atoms. The zero-order valence-electron chi connectivity index (χ0n) is 36.7. The SMILES string of the molecule is c1ccc(-c2cccc(-c3nc(-c4ccc(-c5cccc6c5oc5ccccc56)cc4)nc(-c4ccc5c(c4)oc4cccc(-c6cc(-c7ccccc7)cc(-c7ccccc7)c6)c45)n3)c2)cc1. The molecule has 3 heterocycles. The Kier molecular flexibility index (Phi) is 9.43. The molecule has 5 nitrogen and oxygen atoms in total. The van der Waals surface area contributed by atoms with Crippen molar-refractivity contribution in [2.45, 2.75) is 0 Å². The van der Waals surface area contributed by atoms with Gasteiger partial charge in [-0.05, 0) is 98.6 Å². The molecule has 3 aromatic heterocycles. The largest absolute Gasteiger partial charge is 0.456 e. The minimum absolute atomic E-state index is 0.553. The van der Waals surface area contributed by atoms with Crippen molar-refractivity contribution >= 4 is 43.9 Å². The van der Waals surface area contributed by atoms with Crippen LogP contribution in [0.25, 0.3) is 134 Å². The summed E-state index contributed by atoms with van der Waals surface area (Å²) in [6.07, 6.45) is 0. The molecule has 0 saturated carbocycles. The molecule has 318 valence electrons. The van der Waals surface area contributed by atoms with Crippen molar-refractivity contribution in [2.24, 2.45) is 0 Å². The fraction of sp³-hybridized carbons (Fsp3) is 0. The van der Waals surface area contributed by atoms with E-state index in [2.05, 4.69) is 212 Å². The van der Waals surface area contributed by atoms with E-state index in [0.717, 1.165) is 105 Å². The molecule has 0 bridgehead atoms. The van der Waals surface area contributed by atoms with Crippen molar-refractivity contribution in [1.29, 1.82) is 0 Å². The first kappa shape index (κ1) is 39.2. The number of fused-ring (bicyclic) bond motifs is 6. The number of hydrogen-bond donors (Lipinski definition) is 0. The molecule has 10 aromatic carbocycles. The van der Waals surface area contributed by atoms with E-state index < -0.39 is 0 Å². The van der Waals surface area contributed by atoms with Gasteiger partial charge in [0.2, 0.25) is 0 Å². The Labute approximate surface area is 392 Å². The molecular weight excluding hydrogens is 831 g/mol. The molecule has 0 atom stereocenters. The molecule has 0 aliphatic heterocycles. The van der Waals surface area contributed by atoms with Crippen LogP contribution in [0.1, 0.15) is 0 Å². The van der Waals surface area contributed by atoms with E-state index in [1.54, 1.807) is 0 Å². The summed E-state index contributed by atoms with van der Waals surface area (Å²) in [5.41, 5.74) is 17.1. The van der Waals surface area contributed by atoms with Gasteiger partial charge in [0.05, 0.1) is 0 Å². The van der Waals surface area contributed by atoms with Gasteiger partial charge in [-0.3, -0.25) is 0 Å². The van der Waals surface area contributed by atoms with Crippen molar-refractivity contribution in [3.63, 3.8) is 0 Å². The maximum Gasteiger partial charge on any atom is 0.164 e. The molecule has 5 heteroatoms. The number of benzene rings is 10. The van der Waals surface area contributed by atoms with Gasteiger partial charge in [0.15, 0.2) is 17.5 Å². The second-order valence-electron chi connectivity index (χ2n) is 17.1. The number of hydrogen-bond acceptors (Lipinski definition) is 5. The highest BCUT2D eigenvalue weighted by molar-refractivity contribution is 6.13. The monoisotopic (exact) mass is 869 g/mol. The van der Waals surface area contributed by atoms with Crippen molar-refractivity contribution in [3.05, 3.63) is 237 Å². The Bertz CT molecular complexity index is 3950. The van der Waals surface area contributed by atoms with Crippen LogP contribution in [-0.2, 0) is 0 Å². The third-order valence-electron chi connectivity index (χ3n) is 12.9. The maximum absolute atomic E-state index is 6.73. The molecular formula is C63H39N3O2. The molecule has 0 fully saturated rings. The second kappa shape index (κ2) is 16.4. The molecule has 0 saturated heterocycles. The minimum atomic E-state index is 0.553. The predicted molar refractivity (Wildman–Crippen MR) is 278 cm³/mol. The summed E-state index contributed by atoms with van der Waals surface area (Å²) in [7, 11) is 0. The van der Waals surface area contributed by atoms with Gasteiger partial charge in [-0.1, -0.05) is 188 Å². The van der Waals surface area contributed by atoms with E-state index in [-0.39, 0.29) is 0 Å². The first-order valence-electron chi connectivity index (χ1n) is 22.8. The lowest BCUT2D eigenvalue weighted by atomic mass is 9.91. The summed E-state index contributed by atoms with van der Waals surface area (Å²) in [6.45, 7) is 0. The smallest absolute Gasteiger partial charge is 0.164 e. The van der Waals surface area contributed by atoms with Gasteiger partial charge in [-0.15, -0.1) is 0 Å². The van der Waals surface area contributed by atoms with Gasteiger partial charge in [0, 0.05) is 43.8 Å². The molecule has 0 unspecified atom stereocenters. The third kappa shape index (κ3) is 7.02. The Morgan fingerprint density at radius 2 is 0.706 bits per heavy atom. The Hall–Kier alpha value is -9.19. The minimum Gasteiger partial charge on any atom is -0.456 e. The lowest BCUT2D eigenvalue weighted by molar-refractivity contribution is 0.669. The summed E-state index contributed by atoms with van der Waals surface area (Å²) in [4.78, 5) is 15.5. The summed E-state index contributed by atoms with van der Waals surface area (Å²) >= 11 is 0. The second-order valence-corrected chi connectivity index (χ2v) is 17.1. The number of aromatic nitrogens is 3. The normalized spacial score (nSPS) is 11.5. The highest BCUT2D eigenvalue weighted by atomic mass is 16.3. The van der Waals surface area contributed by atoms with Gasteiger partial charge < -0.3 is 8.83 Å². The van der Waals surface area contributed by atoms with E-state index in [0.29, 0.717) is 17.5 Å². The van der Waals surface area contributed by atoms with E-state index in [9.17, 15) is 0 Å². The van der Waals surface area contributed by atoms with Crippen LogP contribution >= 0.6 is 0 Å². The van der Waals surface area contributed by atoms with E-state index in [1.807, 2.05) is 24.3 Å². The lowest BCUT2D eigenvalue weighted by Crippen LogP contribution is -2.00. The van der Waals surface area contributed by atoms with Crippen LogP contribution in [-0.4, -0.2) is 15.0 Å². The van der Waals surface area contributed by atoms with E-state index >= 15 is 0 Å². The fourth-order valence-electron chi connectivity index (χ4n) is 9.59. The summed E-state index contributed by atoms with van der Waals surface area (Å²) in [5.74, 6) is 1.71. The predicted octanol–water partition coefficient (Wildman–Crippen LogP) is 17.0. The van der Waals surface area contributed by atoms with Crippen LogP contribution in [0, 0.1) is 0 Å². The molecule has 0 radical (unpaired) electrons. The number of furan rings is 2. The molecule has 0 spiro atoms.